The van der Waals surface area contributed by atoms with E-state index in [-0.39, 0.29) is 40.6 Å². The van der Waals surface area contributed by atoms with Crippen LogP contribution in [0.3, 0.4) is 0 Å². The van der Waals surface area contributed by atoms with Gasteiger partial charge in [0.05, 0.1) is 55.8 Å². The van der Waals surface area contributed by atoms with Crippen molar-refractivity contribution in [2.75, 3.05) is 20.0 Å². The molecule has 1 aliphatic heterocycles. The van der Waals surface area contributed by atoms with Gasteiger partial charge in [0.1, 0.15) is 11.5 Å². The van der Waals surface area contributed by atoms with Crippen molar-refractivity contribution in [3.05, 3.63) is 119 Å². The molecule has 15 heteroatoms. The molecule has 1 aliphatic rings. The molecule has 0 bridgehead atoms. The van der Waals surface area contributed by atoms with Crippen molar-refractivity contribution < 1.29 is 36.7 Å². The SMILES string of the molecule is COc1ccc(C2=NN(C(=O)CSc3nnc(CNC(=O)c4ccco4)n3-c3cccc(C(F)(F)F)c3)C(c3ccc(OC)cc3)C2)cc1. The molecule has 0 spiro atoms. The van der Waals surface area contributed by atoms with E-state index >= 15 is 0 Å². The molecule has 0 fully saturated rings. The molecule has 2 amide bonds. The summed E-state index contributed by atoms with van der Waals surface area (Å²) in [7, 11) is 3.15. The number of hydrogen-bond donors (Lipinski definition) is 1. The number of carbonyl (C=O) groups excluding carboxylic acids is 2. The van der Waals surface area contributed by atoms with Crippen molar-refractivity contribution >= 4 is 29.3 Å². The fourth-order valence-electron chi connectivity index (χ4n) is 5.22. The molecule has 0 saturated heterocycles. The van der Waals surface area contributed by atoms with E-state index in [4.69, 9.17) is 19.0 Å². The summed E-state index contributed by atoms with van der Waals surface area (Å²) in [6, 6.07) is 22.0. The van der Waals surface area contributed by atoms with Gasteiger partial charge in [-0.3, -0.25) is 14.2 Å². The van der Waals surface area contributed by atoms with Crippen LogP contribution in [0.4, 0.5) is 13.2 Å². The van der Waals surface area contributed by atoms with E-state index < -0.39 is 23.7 Å². The van der Waals surface area contributed by atoms with Gasteiger partial charge in [0.25, 0.3) is 11.8 Å². The summed E-state index contributed by atoms with van der Waals surface area (Å²) in [5.41, 5.74) is 1.59. The van der Waals surface area contributed by atoms with Crippen LogP contribution < -0.4 is 14.8 Å². The highest BCUT2D eigenvalue weighted by atomic mass is 32.2. The maximum Gasteiger partial charge on any atom is 0.416 e. The summed E-state index contributed by atoms with van der Waals surface area (Å²) in [6.07, 6.45) is -2.82. The van der Waals surface area contributed by atoms with Crippen molar-refractivity contribution in [3.8, 4) is 17.2 Å². The monoisotopic (exact) mass is 690 g/mol. The third kappa shape index (κ3) is 7.46. The van der Waals surface area contributed by atoms with E-state index in [1.807, 2.05) is 48.5 Å². The molecule has 3 heterocycles. The molecule has 0 saturated carbocycles. The van der Waals surface area contributed by atoms with Crippen LogP contribution in [0.15, 0.2) is 106 Å². The van der Waals surface area contributed by atoms with Gasteiger partial charge in [-0.2, -0.15) is 18.3 Å². The minimum absolute atomic E-state index is 0.0527. The Hall–Kier alpha value is -5.57. The Bertz CT molecular complexity index is 1960. The molecule has 0 aliphatic carbocycles. The Kier molecular flexibility index (Phi) is 9.71. The molecule has 1 unspecified atom stereocenters. The first-order chi connectivity index (χ1) is 23.6. The predicted molar refractivity (Wildman–Crippen MR) is 174 cm³/mol. The Balaban J connectivity index is 1.28. The second kappa shape index (κ2) is 14.3. The van der Waals surface area contributed by atoms with Crippen molar-refractivity contribution in [2.45, 2.75) is 30.3 Å². The number of halogens is 3. The number of carbonyl (C=O) groups is 2. The second-order valence-corrected chi connectivity index (χ2v) is 11.7. The van der Waals surface area contributed by atoms with Crippen molar-refractivity contribution in [3.63, 3.8) is 0 Å². The van der Waals surface area contributed by atoms with Crippen LogP contribution in [0, 0.1) is 0 Å². The molecule has 49 heavy (non-hydrogen) atoms. The van der Waals surface area contributed by atoms with E-state index in [1.54, 1.807) is 20.3 Å². The van der Waals surface area contributed by atoms with Gasteiger partial charge in [-0.05, 0) is 77.9 Å². The van der Waals surface area contributed by atoms with Gasteiger partial charge >= 0.3 is 6.18 Å². The first-order valence-electron chi connectivity index (χ1n) is 14.9. The van der Waals surface area contributed by atoms with E-state index in [0.717, 1.165) is 35.0 Å². The zero-order chi connectivity index (χ0) is 34.5. The number of nitrogens with one attached hydrogen (secondary N) is 1. The summed E-state index contributed by atoms with van der Waals surface area (Å²) in [4.78, 5) is 26.4. The van der Waals surface area contributed by atoms with Crippen LogP contribution in [0.25, 0.3) is 5.69 Å². The molecular formula is C34H29F3N6O5S. The van der Waals surface area contributed by atoms with E-state index in [9.17, 15) is 22.8 Å². The number of hydrogen-bond acceptors (Lipinski definition) is 9. The number of thioether (sulfide) groups is 1. The smallest absolute Gasteiger partial charge is 0.416 e. The van der Waals surface area contributed by atoms with Crippen molar-refractivity contribution in [2.24, 2.45) is 5.10 Å². The number of furan rings is 1. The largest absolute Gasteiger partial charge is 0.497 e. The van der Waals surface area contributed by atoms with Gasteiger partial charge in [-0.25, -0.2) is 5.01 Å². The highest BCUT2D eigenvalue weighted by Gasteiger charge is 2.34. The summed E-state index contributed by atoms with van der Waals surface area (Å²) in [5.74, 6) is 0.475. The van der Waals surface area contributed by atoms with Crippen LogP contribution in [0.5, 0.6) is 11.5 Å². The van der Waals surface area contributed by atoms with E-state index in [1.165, 1.54) is 34.0 Å². The van der Waals surface area contributed by atoms with Crippen LogP contribution in [0.2, 0.25) is 0 Å². The topological polar surface area (TPSA) is 124 Å². The number of benzene rings is 3. The fraction of sp³-hybridized carbons (Fsp3) is 0.206. The molecule has 2 aromatic heterocycles. The minimum Gasteiger partial charge on any atom is -0.497 e. The Morgan fingerprint density at radius 2 is 1.67 bits per heavy atom. The van der Waals surface area contributed by atoms with Gasteiger partial charge in [-0.15, -0.1) is 10.2 Å². The number of amides is 2. The molecule has 5 aromatic rings. The fourth-order valence-corrected chi connectivity index (χ4v) is 6.04. The van der Waals surface area contributed by atoms with E-state index in [2.05, 4.69) is 15.5 Å². The highest BCUT2D eigenvalue weighted by Crippen LogP contribution is 2.36. The van der Waals surface area contributed by atoms with Crippen molar-refractivity contribution in [1.82, 2.24) is 25.1 Å². The zero-order valence-electron chi connectivity index (χ0n) is 26.2. The minimum atomic E-state index is -4.60. The zero-order valence-corrected chi connectivity index (χ0v) is 27.0. The van der Waals surface area contributed by atoms with Gasteiger partial charge in [0.15, 0.2) is 16.7 Å². The first kappa shape index (κ1) is 33.3. The molecule has 11 nitrogen and oxygen atoms in total. The first-order valence-corrected chi connectivity index (χ1v) is 15.9. The average molecular weight is 691 g/mol. The molecule has 252 valence electrons. The third-order valence-corrected chi connectivity index (χ3v) is 8.61. The number of rotatable bonds is 11. The Morgan fingerprint density at radius 3 is 2.33 bits per heavy atom. The van der Waals surface area contributed by atoms with E-state index in [0.29, 0.717) is 23.6 Å². The summed E-state index contributed by atoms with van der Waals surface area (Å²) in [6.45, 7) is -0.182. The number of alkyl halides is 3. The van der Waals surface area contributed by atoms with Crippen LogP contribution in [-0.2, 0) is 17.5 Å². The summed E-state index contributed by atoms with van der Waals surface area (Å²) < 4.78 is 58.1. The lowest BCUT2D eigenvalue weighted by Crippen LogP contribution is -2.28. The number of methoxy groups -OCH3 is 2. The Labute approximate surface area is 282 Å². The second-order valence-electron chi connectivity index (χ2n) is 10.7. The Morgan fingerprint density at radius 1 is 0.959 bits per heavy atom. The van der Waals surface area contributed by atoms with Gasteiger partial charge in [0.2, 0.25) is 0 Å². The lowest BCUT2D eigenvalue weighted by molar-refractivity contribution is -0.137. The number of ether oxygens (including phenoxy) is 2. The average Bonchev–Trinajstić information content (AvgIpc) is 3.90. The highest BCUT2D eigenvalue weighted by molar-refractivity contribution is 7.99. The van der Waals surface area contributed by atoms with Gasteiger partial charge in [0, 0.05) is 6.42 Å². The number of hydrazone groups is 1. The predicted octanol–water partition coefficient (Wildman–Crippen LogP) is 6.30. The molecule has 0 radical (unpaired) electrons. The molecule has 3 aromatic carbocycles. The maximum absolute atomic E-state index is 13.9. The summed E-state index contributed by atoms with van der Waals surface area (Å²) in [5, 5.41) is 17.3. The van der Waals surface area contributed by atoms with Crippen molar-refractivity contribution in [1.29, 1.82) is 0 Å². The number of nitrogens with zero attached hydrogens (tertiary/aromatic N) is 5. The van der Waals surface area contributed by atoms with Gasteiger partial charge < -0.3 is 19.2 Å². The molecular weight excluding hydrogens is 661 g/mol. The van der Waals surface area contributed by atoms with Crippen LogP contribution in [0.1, 0.15) is 45.5 Å². The number of aromatic nitrogens is 3. The third-order valence-electron chi connectivity index (χ3n) is 7.70. The quantitative estimate of drug-likeness (QED) is 0.160. The van der Waals surface area contributed by atoms with Crippen LogP contribution >= 0.6 is 11.8 Å². The normalized spacial score (nSPS) is 14.4. The van der Waals surface area contributed by atoms with Crippen LogP contribution in [-0.4, -0.2) is 57.3 Å². The maximum atomic E-state index is 13.9. The molecule has 6 rings (SSSR count). The lowest BCUT2D eigenvalue weighted by Gasteiger charge is -2.22. The lowest BCUT2D eigenvalue weighted by atomic mass is 9.98. The molecule has 1 atom stereocenters. The molecule has 1 N–H and O–H groups in total. The standard InChI is InChI=1S/C34H29F3N6O5S/c1-46-25-12-8-21(9-13-25)27-18-28(22-10-14-26(47-2)15-11-22)43(41-27)31(44)20-49-33-40-39-30(19-38-32(45)29-7-4-16-48-29)42(33)24-6-3-5-23(17-24)34(35,36)37/h3-17,28H,18-20H2,1-2H3,(H,38,45). The van der Waals surface area contributed by atoms with Gasteiger partial charge in [-0.1, -0.05) is 30.0 Å². The summed E-state index contributed by atoms with van der Waals surface area (Å²) >= 11 is 0.988.